The average Bonchev–Trinajstić information content (AvgIpc) is 2.96. The molecule has 7 heteroatoms. The highest BCUT2D eigenvalue weighted by Crippen LogP contribution is 2.34. The van der Waals surface area contributed by atoms with Crippen LogP contribution in [0.4, 0.5) is 4.79 Å². The number of hydrogen-bond donors (Lipinski definition) is 2. The summed E-state index contributed by atoms with van der Waals surface area (Å²) in [5.41, 5.74) is 9.62. The number of nitrogens with zero attached hydrogens (tertiary/aromatic N) is 3. The molecule has 28 heavy (non-hydrogen) atoms. The largest absolute Gasteiger partial charge is 0.350 e. The molecule has 0 bridgehead atoms. The van der Waals surface area contributed by atoms with Crippen molar-refractivity contribution in [3.05, 3.63) is 53.3 Å². The van der Waals surface area contributed by atoms with Gasteiger partial charge in [0.1, 0.15) is 0 Å². The van der Waals surface area contributed by atoms with Gasteiger partial charge in [0.05, 0.1) is 12.2 Å². The third-order valence-corrected chi connectivity index (χ3v) is 5.20. The number of aryl methyl sites for hydroxylation is 2. The molecule has 0 radical (unpaired) electrons. The van der Waals surface area contributed by atoms with Crippen molar-refractivity contribution >= 4 is 28.5 Å². The van der Waals surface area contributed by atoms with Gasteiger partial charge >= 0.3 is 6.03 Å². The lowest BCUT2D eigenvalue weighted by Crippen LogP contribution is -2.33. The van der Waals surface area contributed by atoms with Gasteiger partial charge < -0.3 is 10.3 Å². The zero-order valence-corrected chi connectivity index (χ0v) is 16.7. The van der Waals surface area contributed by atoms with E-state index in [1.54, 1.807) is 6.20 Å². The van der Waals surface area contributed by atoms with Crippen molar-refractivity contribution in [3.63, 3.8) is 0 Å². The van der Waals surface area contributed by atoms with E-state index in [1.165, 1.54) is 11.3 Å². The average molecular weight is 401 g/mol. The van der Waals surface area contributed by atoms with E-state index in [0.29, 0.717) is 5.06 Å². The number of rotatable bonds is 8. The number of carbonyl (C=O) groups is 1. The van der Waals surface area contributed by atoms with Crippen LogP contribution in [0, 0.1) is 6.92 Å². The van der Waals surface area contributed by atoms with E-state index in [1.807, 2.05) is 24.4 Å². The number of aromatic nitrogens is 2. The Morgan fingerprint density at radius 1 is 1.25 bits per heavy atom. The highest BCUT2D eigenvalue weighted by molar-refractivity contribution is 6.31. The first-order valence-electron chi connectivity index (χ1n) is 9.43. The number of pyridine rings is 1. The number of hydrogen-bond acceptors (Lipinski definition) is 3. The first-order chi connectivity index (χ1) is 13.5. The zero-order chi connectivity index (χ0) is 20.1. The third-order valence-electron chi connectivity index (χ3n) is 4.97. The molecule has 0 unspecified atom stereocenters. The van der Waals surface area contributed by atoms with Crippen LogP contribution in [-0.2, 0) is 6.54 Å². The molecular weight excluding hydrogens is 376 g/mol. The molecule has 2 amide bonds. The van der Waals surface area contributed by atoms with E-state index in [2.05, 4.69) is 28.6 Å². The number of unbranched alkanes of at least 4 members (excludes halogenated alkanes) is 3. The molecule has 2 aromatic heterocycles. The van der Waals surface area contributed by atoms with Crippen molar-refractivity contribution < 1.29 is 10.0 Å². The van der Waals surface area contributed by atoms with Crippen molar-refractivity contribution in [1.29, 1.82) is 0 Å². The topological polar surface area (TPSA) is 84.4 Å². The number of hydroxylamine groups is 2. The molecule has 0 saturated heterocycles. The molecule has 0 atom stereocenters. The van der Waals surface area contributed by atoms with Gasteiger partial charge in [0, 0.05) is 40.4 Å². The third kappa shape index (κ3) is 4.46. The quantitative estimate of drug-likeness (QED) is 0.317. The zero-order valence-electron chi connectivity index (χ0n) is 15.9. The summed E-state index contributed by atoms with van der Waals surface area (Å²) in [6, 6.07) is 9.22. The molecule has 0 spiro atoms. The lowest BCUT2D eigenvalue weighted by molar-refractivity contribution is -0.0403. The van der Waals surface area contributed by atoms with E-state index >= 15 is 0 Å². The summed E-state index contributed by atoms with van der Waals surface area (Å²) in [6.45, 7) is 3.26. The van der Waals surface area contributed by atoms with E-state index in [4.69, 9.17) is 17.3 Å². The number of amides is 2. The number of fused-ring (bicyclic) bond motifs is 1. The molecular formula is C21H25ClN4O2. The summed E-state index contributed by atoms with van der Waals surface area (Å²) >= 11 is 6.23. The van der Waals surface area contributed by atoms with Crippen molar-refractivity contribution in [2.45, 2.75) is 39.2 Å². The van der Waals surface area contributed by atoms with Gasteiger partial charge in [-0.1, -0.05) is 24.4 Å². The van der Waals surface area contributed by atoms with E-state index in [-0.39, 0.29) is 6.54 Å². The predicted molar refractivity (Wildman–Crippen MR) is 111 cm³/mol. The van der Waals surface area contributed by atoms with Crippen LogP contribution < -0.4 is 5.73 Å². The maximum Gasteiger partial charge on any atom is 0.338 e. The summed E-state index contributed by atoms with van der Waals surface area (Å²) in [6.07, 6.45) is 7.28. The van der Waals surface area contributed by atoms with Gasteiger partial charge in [-0.2, -0.15) is 0 Å². The smallest absolute Gasteiger partial charge is 0.338 e. The van der Waals surface area contributed by atoms with Crippen LogP contribution in [0.2, 0.25) is 5.02 Å². The number of nitrogens with two attached hydrogens (primary N) is 1. The van der Waals surface area contributed by atoms with Crippen LogP contribution >= 0.6 is 11.6 Å². The highest BCUT2D eigenvalue weighted by Gasteiger charge is 2.16. The van der Waals surface area contributed by atoms with Gasteiger partial charge in [-0.25, -0.2) is 9.86 Å². The Labute approximate surface area is 169 Å². The van der Waals surface area contributed by atoms with Crippen LogP contribution in [0.1, 0.15) is 31.2 Å². The molecule has 0 fully saturated rings. The molecule has 3 rings (SSSR count). The Balaban J connectivity index is 1.75. The highest BCUT2D eigenvalue weighted by atomic mass is 35.5. The Morgan fingerprint density at radius 2 is 2.04 bits per heavy atom. The molecule has 2 heterocycles. The van der Waals surface area contributed by atoms with Crippen LogP contribution in [0.15, 0.2) is 42.7 Å². The van der Waals surface area contributed by atoms with Gasteiger partial charge in [-0.15, -0.1) is 0 Å². The summed E-state index contributed by atoms with van der Waals surface area (Å²) in [5, 5.41) is 11.8. The fraction of sp³-hybridized carbons (Fsp3) is 0.333. The molecule has 148 valence electrons. The Kier molecular flexibility index (Phi) is 6.54. The number of benzene rings is 1. The number of primary amides is 1. The van der Waals surface area contributed by atoms with Crippen LogP contribution in [0.25, 0.3) is 22.2 Å². The Hall–Kier alpha value is -2.57. The van der Waals surface area contributed by atoms with Crippen LogP contribution in [-0.4, -0.2) is 32.4 Å². The molecule has 3 N–H and O–H groups in total. The fourth-order valence-electron chi connectivity index (χ4n) is 3.60. The van der Waals surface area contributed by atoms with Crippen LogP contribution in [0.5, 0.6) is 0 Å². The minimum atomic E-state index is -0.811. The number of urea groups is 1. The number of carbonyl (C=O) groups excluding carboxylic acids is 1. The summed E-state index contributed by atoms with van der Waals surface area (Å²) in [4.78, 5) is 15.1. The van der Waals surface area contributed by atoms with E-state index in [9.17, 15) is 10.0 Å². The maximum atomic E-state index is 10.8. The van der Waals surface area contributed by atoms with Gasteiger partial charge in [-0.05, 0) is 55.7 Å². The minimum Gasteiger partial charge on any atom is -0.350 e. The second-order valence-electron chi connectivity index (χ2n) is 6.90. The molecule has 0 aliphatic heterocycles. The first-order valence-corrected chi connectivity index (χ1v) is 9.81. The van der Waals surface area contributed by atoms with Crippen molar-refractivity contribution in [3.8, 4) is 11.3 Å². The maximum absolute atomic E-state index is 10.8. The van der Waals surface area contributed by atoms with Crippen LogP contribution in [0.3, 0.4) is 0 Å². The lowest BCUT2D eigenvalue weighted by atomic mass is 10.1. The summed E-state index contributed by atoms with van der Waals surface area (Å²) in [5.74, 6) is 0. The van der Waals surface area contributed by atoms with E-state index < -0.39 is 6.03 Å². The molecule has 3 aromatic rings. The standard InChI is InChI=1S/C21H25ClN4O2/c1-15-18-13-17(22)8-9-19(18)25(20(15)16-7-6-10-24-14-16)11-4-2-3-5-12-26(28)21(23)27/h6-10,13-14,28H,2-5,11-12H2,1H3,(H2,23,27). The Bertz CT molecular complexity index is 956. The van der Waals surface area contributed by atoms with Gasteiger partial charge in [0.25, 0.3) is 0 Å². The van der Waals surface area contributed by atoms with E-state index in [0.717, 1.165) is 53.7 Å². The van der Waals surface area contributed by atoms with Gasteiger partial charge in [-0.3, -0.25) is 10.2 Å². The fourth-order valence-corrected chi connectivity index (χ4v) is 3.77. The summed E-state index contributed by atoms with van der Waals surface area (Å²) < 4.78 is 2.33. The molecule has 1 aromatic carbocycles. The number of halogens is 1. The molecule has 6 nitrogen and oxygen atoms in total. The predicted octanol–water partition coefficient (Wildman–Crippen LogP) is 5.00. The molecule has 0 saturated carbocycles. The van der Waals surface area contributed by atoms with Crippen molar-refractivity contribution in [1.82, 2.24) is 14.6 Å². The van der Waals surface area contributed by atoms with Crippen molar-refractivity contribution in [2.75, 3.05) is 6.54 Å². The normalized spacial score (nSPS) is 11.1. The van der Waals surface area contributed by atoms with Crippen molar-refractivity contribution in [2.24, 2.45) is 5.73 Å². The van der Waals surface area contributed by atoms with Gasteiger partial charge in [0.15, 0.2) is 0 Å². The van der Waals surface area contributed by atoms with Gasteiger partial charge in [0.2, 0.25) is 0 Å². The summed E-state index contributed by atoms with van der Waals surface area (Å²) in [7, 11) is 0. The second-order valence-corrected chi connectivity index (χ2v) is 7.34. The first kappa shape index (κ1) is 20.2. The monoisotopic (exact) mass is 400 g/mol. The Morgan fingerprint density at radius 3 is 2.75 bits per heavy atom. The second kappa shape index (κ2) is 9.08. The molecule has 0 aliphatic rings. The lowest BCUT2D eigenvalue weighted by Gasteiger charge is -2.13. The minimum absolute atomic E-state index is 0.264. The molecule has 0 aliphatic carbocycles. The SMILES string of the molecule is Cc1c(-c2cccnc2)n(CCCCCCN(O)C(N)=O)c2ccc(Cl)cc12.